The molecule has 0 amide bonds. The Balaban J connectivity index is 1.70. The maximum atomic E-state index is 13.5. The minimum atomic E-state index is -4.86. The second-order valence-corrected chi connectivity index (χ2v) is 9.59. The Labute approximate surface area is 235 Å². The Morgan fingerprint density at radius 3 is 2.07 bits per heavy atom. The predicted molar refractivity (Wildman–Crippen MR) is 142 cm³/mol. The molecule has 218 valence electrons. The third-order valence-corrected chi connectivity index (χ3v) is 6.59. The smallest absolute Gasteiger partial charge is 0.440 e. The van der Waals surface area contributed by atoms with E-state index in [1.165, 1.54) is 19.1 Å². The van der Waals surface area contributed by atoms with Gasteiger partial charge >= 0.3 is 12.5 Å². The number of ether oxygens (including phenoxy) is 1. The molecule has 6 nitrogen and oxygen atoms in total. The topological polar surface area (TPSA) is 73.3 Å². The summed E-state index contributed by atoms with van der Waals surface area (Å²) in [6, 6.07) is 16.5. The highest BCUT2D eigenvalue weighted by molar-refractivity contribution is 5.85. The standard InChI is InChI=1S/C30H23F6N3O3/c1-16-12-20(4-5-22(16)15-40)21-8-11-25(39-17(2)13-26(38-39)29(31,32)33)24(14-21)28-27(37-18(3)41-28)19-6-9-23(10-7-19)42-30(34,35)36/h4-14,40H,15H2,1-3H3. The van der Waals surface area contributed by atoms with Crippen molar-refractivity contribution in [2.75, 3.05) is 0 Å². The van der Waals surface area contributed by atoms with Gasteiger partial charge in [-0.15, -0.1) is 13.2 Å². The van der Waals surface area contributed by atoms with E-state index in [1.54, 1.807) is 31.2 Å². The normalized spacial score (nSPS) is 12.1. The molecule has 0 atom stereocenters. The van der Waals surface area contributed by atoms with E-state index in [1.807, 2.05) is 19.1 Å². The van der Waals surface area contributed by atoms with E-state index in [0.717, 1.165) is 39.6 Å². The summed E-state index contributed by atoms with van der Waals surface area (Å²) >= 11 is 0. The van der Waals surface area contributed by atoms with Crippen molar-refractivity contribution in [2.45, 2.75) is 39.9 Å². The van der Waals surface area contributed by atoms with Crippen LogP contribution in [0.2, 0.25) is 0 Å². The summed E-state index contributed by atoms with van der Waals surface area (Å²) in [5.74, 6) is -0.0199. The molecule has 0 unspecified atom stereocenters. The van der Waals surface area contributed by atoms with Gasteiger partial charge in [-0.1, -0.05) is 24.3 Å². The molecule has 3 aromatic carbocycles. The Bertz CT molecular complexity index is 1750. The molecule has 2 heterocycles. The van der Waals surface area contributed by atoms with E-state index in [-0.39, 0.29) is 35.3 Å². The molecule has 42 heavy (non-hydrogen) atoms. The Morgan fingerprint density at radius 1 is 0.833 bits per heavy atom. The fourth-order valence-corrected chi connectivity index (χ4v) is 4.61. The fraction of sp³-hybridized carbons (Fsp3) is 0.200. The van der Waals surface area contributed by atoms with Gasteiger partial charge in [0.1, 0.15) is 11.4 Å². The van der Waals surface area contributed by atoms with Crippen LogP contribution in [0.4, 0.5) is 26.3 Å². The van der Waals surface area contributed by atoms with Gasteiger partial charge in [0.2, 0.25) is 0 Å². The van der Waals surface area contributed by atoms with Crippen molar-refractivity contribution < 1.29 is 40.6 Å². The second kappa shape index (κ2) is 10.7. The van der Waals surface area contributed by atoms with E-state index in [0.29, 0.717) is 16.7 Å². The largest absolute Gasteiger partial charge is 0.573 e. The SMILES string of the molecule is Cc1nc(-c2ccc(OC(F)(F)F)cc2)c(-c2cc(-c3ccc(CO)c(C)c3)ccc2-n2nc(C(F)(F)F)cc2C)o1. The van der Waals surface area contributed by atoms with Gasteiger partial charge in [-0.05, 0) is 78.6 Å². The van der Waals surface area contributed by atoms with Gasteiger partial charge in [0.05, 0.1) is 12.3 Å². The maximum absolute atomic E-state index is 13.5. The summed E-state index contributed by atoms with van der Waals surface area (Å²) < 4.78 is 89.7. The monoisotopic (exact) mass is 587 g/mol. The van der Waals surface area contributed by atoms with Gasteiger partial charge < -0.3 is 14.3 Å². The number of benzene rings is 3. The van der Waals surface area contributed by atoms with E-state index in [4.69, 9.17) is 4.42 Å². The molecule has 0 aliphatic rings. The zero-order valence-corrected chi connectivity index (χ0v) is 22.4. The predicted octanol–water partition coefficient (Wildman–Crippen LogP) is 8.20. The maximum Gasteiger partial charge on any atom is 0.573 e. The Hall–Kier alpha value is -4.58. The molecule has 0 aliphatic carbocycles. The molecular formula is C30H23F6N3O3. The van der Waals surface area contributed by atoms with Crippen molar-refractivity contribution in [3.63, 3.8) is 0 Å². The lowest BCUT2D eigenvalue weighted by molar-refractivity contribution is -0.274. The molecule has 5 aromatic rings. The van der Waals surface area contributed by atoms with E-state index < -0.39 is 24.0 Å². The van der Waals surface area contributed by atoms with Gasteiger partial charge in [0.15, 0.2) is 17.3 Å². The first-order chi connectivity index (χ1) is 19.7. The fourth-order valence-electron chi connectivity index (χ4n) is 4.61. The van der Waals surface area contributed by atoms with Crippen molar-refractivity contribution in [3.05, 3.63) is 95.1 Å². The number of aromatic nitrogens is 3. The number of halogens is 6. The molecule has 0 saturated carbocycles. The average Bonchev–Trinajstić information content (AvgIpc) is 3.50. The summed E-state index contributed by atoms with van der Waals surface area (Å²) in [6.07, 6.45) is -9.53. The van der Waals surface area contributed by atoms with Crippen LogP contribution < -0.4 is 4.74 Å². The summed E-state index contributed by atoms with van der Waals surface area (Å²) in [5, 5.41) is 13.4. The number of aliphatic hydroxyl groups excluding tert-OH is 1. The summed E-state index contributed by atoms with van der Waals surface area (Å²) in [7, 11) is 0. The highest BCUT2D eigenvalue weighted by atomic mass is 19.4. The zero-order chi connectivity index (χ0) is 30.4. The van der Waals surface area contributed by atoms with Crippen LogP contribution in [0, 0.1) is 20.8 Å². The number of hydrogen-bond donors (Lipinski definition) is 1. The lowest BCUT2D eigenvalue weighted by Gasteiger charge is -2.14. The second-order valence-electron chi connectivity index (χ2n) is 9.59. The third-order valence-electron chi connectivity index (χ3n) is 6.59. The number of nitrogens with zero attached hydrogens (tertiary/aromatic N) is 3. The van der Waals surface area contributed by atoms with Crippen molar-refractivity contribution in [1.29, 1.82) is 0 Å². The molecule has 0 spiro atoms. The minimum Gasteiger partial charge on any atom is -0.440 e. The zero-order valence-electron chi connectivity index (χ0n) is 22.4. The van der Waals surface area contributed by atoms with Gasteiger partial charge in [-0.3, -0.25) is 0 Å². The van der Waals surface area contributed by atoms with Crippen LogP contribution in [0.3, 0.4) is 0 Å². The molecular weight excluding hydrogens is 564 g/mol. The quantitative estimate of drug-likeness (QED) is 0.203. The van der Waals surface area contributed by atoms with E-state index >= 15 is 0 Å². The summed E-state index contributed by atoms with van der Waals surface area (Å²) in [4.78, 5) is 4.44. The number of alkyl halides is 6. The van der Waals surface area contributed by atoms with Crippen molar-refractivity contribution >= 4 is 0 Å². The molecule has 0 saturated heterocycles. The van der Waals surface area contributed by atoms with Gasteiger partial charge in [-0.25, -0.2) is 9.67 Å². The lowest BCUT2D eigenvalue weighted by Crippen LogP contribution is -2.16. The molecule has 0 fully saturated rings. The molecule has 1 N–H and O–H groups in total. The molecule has 0 radical (unpaired) electrons. The van der Waals surface area contributed by atoms with Crippen molar-refractivity contribution in [1.82, 2.24) is 14.8 Å². The first-order valence-corrected chi connectivity index (χ1v) is 12.6. The molecule has 0 bridgehead atoms. The third kappa shape index (κ3) is 5.89. The summed E-state index contributed by atoms with van der Waals surface area (Å²) in [6.45, 7) is 4.78. The first-order valence-electron chi connectivity index (χ1n) is 12.6. The van der Waals surface area contributed by atoms with E-state index in [2.05, 4.69) is 14.8 Å². The van der Waals surface area contributed by atoms with Crippen LogP contribution in [-0.2, 0) is 12.8 Å². The Kier molecular flexibility index (Phi) is 7.35. The van der Waals surface area contributed by atoms with Gasteiger partial charge in [0, 0.05) is 23.7 Å². The van der Waals surface area contributed by atoms with Gasteiger partial charge in [0.25, 0.3) is 0 Å². The molecule has 2 aromatic heterocycles. The molecule has 0 aliphatic heterocycles. The first kappa shape index (κ1) is 28.9. The van der Waals surface area contributed by atoms with Gasteiger partial charge in [-0.2, -0.15) is 18.3 Å². The van der Waals surface area contributed by atoms with E-state index in [9.17, 15) is 31.4 Å². The number of oxazole rings is 1. The lowest BCUT2D eigenvalue weighted by atomic mass is 9.96. The highest BCUT2D eigenvalue weighted by Gasteiger charge is 2.35. The van der Waals surface area contributed by atoms with Crippen molar-refractivity contribution in [3.8, 4) is 45.1 Å². The number of aliphatic hydroxyl groups is 1. The van der Waals surface area contributed by atoms with Crippen molar-refractivity contribution in [2.24, 2.45) is 0 Å². The number of aryl methyl sites for hydroxylation is 3. The molecule has 12 heteroatoms. The highest BCUT2D eigenvalue weighted by Crippen LogP contribution is 2.40. The average molecular weight is 588 g/mol. The Morgan fingerprint density at radius 2 is 1.48 bits per heavy atom. The minimum absolute atomic E-state index is 0.135. The van der Waals surface area contributed by atoms with Crippen LogP contribution in [-0.4, -0.2) is 26.2 Å². The number of hydrogen-bond acceptors (Lipinski definition) is 5. The van der Waals surface area contributed by atoms with Crippen LogP contribution in [0.5, 0.6) is 5.75 Å². The van der Waals surface area contributed by atoms with Crippen LogP contribution >= 0.6 is 0 Å². The summed E-state index contributed by atoms with van der Waals surface area (Å²) in [5.41, 5.74) is 3.47. The van der Waals surface area contributed by atoms with Crippen LogP contribution in [0.25, 0.3) is 39.4 Å². The van der Waals surface area contributed by atoms with Crippen LogP contribution in [0.15, 0.2) is 71.1 Å². The van der Waals surface area contributed by atoms with Crippen LogP contribution in [0.1, 0.15) is 28.4 Å². The molecule has 5 rings (SSSR count). The number of rotatable bonds is 6.